The summed E-state index contributed by atoms with van der Waals surface area (Å²) in [7, 11) is 1.53. The summed E-state index contributed by atoms with van der Waals surface area (Å²) in [4.78, 5) is 0. The number of hydrogen-bond donors (Lipinski definition) is 3. The third kappa shape index (κ3) is 1.87. The van der Waals surface area contributed by atoms with Crippen LogP contribution in [0.1, 0.15) is 48.0 Å². The molecule has 120 valence electrons. The monoisotopic (exact) mass is 290 g/mol. The van der Waals surface area contributed by atoms with Crippen LogP contribution in [0.3, 0.4) is 0 Å². The van der Waals surface area contributed by atoms with Crippen molar-refractivity contribution in [1.29, 1.82) is 0 Å². The van der Waals surface area contributed by atoms with Gasteiger partial charge >= 0.3 is 0 Å². The molecule has 0 aliphatic carbocycles. The van der Waals surface area contributed by atoms with Crippen LogP contribution in [0.4, 0.5) is 0 Å². The molecule has 1 rings (SSSR count). The Morgan fingerprint density at radius 3 is 1.80 bits per heavy atom. The standard InChI is InChI=1S/C15H30O5/c1-8-12(3)15(6,18)14(5,17)11(2,10-19-7)13(4,9-16)20-12/h16-18H,8-10H2,1-7H3/t11-,12-,13?,14-,15?/m1/s1. The van der Waals surface area contributed by atoms with Crippen molar-refractivity contribution in [1.82, 2.24) is 0 Å². The minimum absolute atomic E-state index is 0.160. The van der Waals surface area contributed by atoms with Gasteiger partial charge in [0, 0.05) is 7.11 Å². The topological polar surface area (TPSA) is 79.2 Å². The van der Waals surface area contributed by atoms with Gasteiger partial charge in [-0.2, -0.15) is 0 Å². The van der Waals surface area contributed by atoms with E-state index in [9.17, 15) is 15.3 Å². The Kier molecular flexibility index (Phi) is 4.39. The van der Waals surface area contributed by atoms with Gasteiger partial charge in [0.2, 0.25) is 0 Å². The van der Waals surface area contributed by atoms with E-state index < -0.39 is 27.8 Å². The summed E-state index contributed by atoms with van der Waals surface area (Å²) in [5, 5.41) is 32.0. The average Bonchev–Trinajstić information content (AvgIpc) is 2.36. The summed E-state index contributed by atoms with van der Waals surface area (Å²) in [6.45, 7) is 10.3. The Balaban J connectivity index is 3.54. The molecule has 0 saturated carbocycles. The Labute approximate surface area is 121 Å². The second-order valence-corrected chi connectivity index (χ2v) is 6.98. The lowest BCUT2D eigenvalue weighted by Crippen LogP contribution is -2.82. The third-order valence-corrected chi connectivity index (χ3v) is 6.08. The van der Waals surface area contributed by atoms with Crippen LogP contribution in [0.15, 0.2) is 0 Å². The fourth-order valence-corrected chi connectivity index (χ4v) is 3.48. The van der Waals surface area contributed by atoms with Crippen molar-refractivity contribution in [2.24, 2.45) is 5.41 Å². The lowest BCUT2D eigenvalue weighted by atomic mass is 9.52. The summed E-state index contributed by atoms with van der Waals surface area (Å²) >= 11 is 0. The van der Waals surface area contributed by atoms with Gasteiger partial charge in [0.05, 0.1) is 29.8 Å². The number of hydrogen-bond acceptors (Lipinski definition) is 5. The maximum atomic E-state index is 11.2. The van der Waals surface area contributed by atoms with Crippen molar-refractivity contribution in [2.45, 2.75) is 70.4 Å². The molecule has 0 spiro atoms. The number of aliphatic hydroxyl groups is 3. The van der Waals surface area contributed by atoms with E-state index >= 15 is 0 Å². The summed E-state index contributed by atoms with van der Waals surface area (Å²) in [5.41, 5.74) is -5.96. The first-order valence-electron chi connectivity index (χ1n) is 7.14. The van der Waals surface area contributed by atoms with Crippen LogP contribution in [0.2, 0.25) is 0 Å². The predicted molar refractivity (Wildman–Crippen MR) is 76.5 cm³/mol. The van der Waals surface area contributed by atoms with E-state index in [-0.39, 0.29) is 13.2 Å². The van der Waals surface area contributed by atoms with E-state index in [0.29, 0.717) is 6.42 Å². The van der Waals surface area contributed by atoms with Gasteiger partial charge in [0.15, 0.2) is 0 Å². The van der Waals surface area contributed by atoms with Crippen LogP contribution in [0, 0.1) is 5.41 Å². The second kappa shape index (κ2) is 4.92. The van der Waals surface area contributed by atoms with Crippen LogP contribution >= 0.6 is 0 Å². The molecule has 1 heterocycles. The van der Waals surface area contributed by atoms with Crippen molar-refractivity contribution < 1.29 is 24.8 Å². The Morgan fingerprint density at radius 2 is 1.45 bits per heavy atom. The Bertz CT molecular complexity index is 367. The quantitative estimate of drug-likeness (QED) is 0.722. The normalized spacial score (nSPS) is 53.1. The molecule has 0 radical (unpaired) electrons. The molecule has 3 N–H and O–H groups in total. The van der Waals surface area contributed by atoms with E-state index in [0.717, 1.165) is 0 Å². The minimum atomic E-state index is -1.50. The molecule has 5 atom stereocenters. The van der Waals surface area contributed by atoms with Crippen LogP contribution in [0.25, 0.3) is 0 Å². The van der Waals surface area contributed by atoms with E-state index in [1.165, 1.54) is 7.11 Å². The van der Waals surface area contributed by atoms with E-state index in [1.54, 1.807) is 34.6 Å². The van der Waals surface area contributed by atoms with Crippen LogP contribution < -0.4 is 0 Å². The van der Waals surface area contributed by atoms with E-state index in [4.69, 9.17) is 9.47 Å². The lowest BCUT2D eigenvalue weighted by Gasteiger charge is -2.67. The highest BCUT2D eigenvalue weighted by Crippen LogP contribution is 2.58. The smallest absolute Gasteiger partial charge is 0.119 e. The molecule has 20 heavy (non-hydrogen) atoms. The van der Waals surface area contributed by atoms with Gasteiger partial charge in [-0.05, 0) is 34.1 Å². The molecule has 1 aliphatic heterocycles. The van der Waals surface area contributed by atoms with Crippen LogP contribution in [-0.2, 0) is 9.47 Å². The molecule has 0 amide bonds. The number of ether oxygens (including phenoxy) is 2. The zero-order valence-electron chi connectivity index (χ0n) is 13.8. The molecule has 1 fully saturated rings. The molecule has 0 aromatic heterocycles. The lowest BCUT2D eigenvalue weighted by molar-refractivity contribution is -0.393. The van der Waals surface area contributed by atoms with Gasteiger partial charge in [-0.1, -0.05) is 13.8 Å². The highest BCUT2D eigenvalue weighted by Gasteiger charge is 2.73. The Hall–Kier alpha value is -0.200. The fourth-order valence-electron chi connectivity index (χ4n) is 3.48. The summed E-state index contributed by atoms with van der Waals surface area (Å²) in [6.07, 6.45) is 0.509. The van der Waals surface area contributed by atoms with E-state index in [2.05, 4.69) is 0 Å². The van der Waals surface area contributed by atoms with Gasteiger partial charge in [-0.25, -0.2) is 0 Å². The van der Waals surface area contributed by atoms with Crippen molar-refractivity contribution in [3.63, 3.8) is 0 Å². The molecule has 1 aliphatic rings. The van der Waals surface area contributed by atoms with Crippen molar-refractivity contribution in [3.8, 4) is 0 Å². The number of methoxy groups -OCH3 is 1. The summed E-state index contributed by atoms with van der Waals surface area (Å²) in [6, 6.07) is 0. The van der Waals surface area contributed by atoms with Gasteiger partial charge in [0.1, 0.15) is 11.2 Å². The highest BCUT2D eigenvalue weighted by molar-refractivity contribution is 5.22. The maximum absolute atomic E-state index is 11.2. The maximum Gasteiger partial charge on any atom is 0.119 e. The summed E-state index contributed by atoms with van der Waals surface area (Å²) < 4.78 is 11.4. The van der Waals surface area contributed by atoms with E-state index in [1.807, 2.05) is 6.92 Å². The third-order valence-electron chi connectivity index (χ3n) is 6.08. The molecule has 2 unspecified atom stereocenters. The molecule has 5 heteroatoms. The zero-order valence-corrected chi connectivity index (χ0v) is 13.8. The zero-order chi connectivity index (χ0) is 16.0. The molecule has 0 aromatic rings. The van der Waals surface area contributed by atoms with Gasteiger partial charge in [0.25, 0.3) is 0 Å². The van der Waals surface area contributed by atoms with Crippen LogP contribution in [0.5, 0.6) is 0 Å². The fraction of sp³-hybridized carbons (Fsp3) is 1.00. The molecular formula is C15H30O5. The first-order chi connectivity index (χ1) is 8.89. The first kappa shape index (κ1) is 17.9. The second-order valence-electron chi connectivity index (χ2n) is 6.98. The molecule has 0 aromatic carbocycles. The molecular weight excluding hydrogens is 260 g/mol. The van der Waals surface area contributed by atoms with Crippen molar-refractivity contribution in [3.05, 3.63) is 0 Å². The van der Waals surface area contributed by atoms with Crippen LogP contribution in [-0.4, -0.2) is 58.0 Å². The Morgan fingerprint density at radius 1 is 0.950 bits per heavy atom. The number of aliphatic hydroxyl groups excluding tert-OH is 1. The van der Waals surface area contributed by atoms with Gasteiger partial charge in [-0.3, -0.25) is 0 Å². The largest absolute Gasteiger partial charge is 0.393 e. The first-order valence-corrected chi connectivity index (χ1v) is 7.14. The SMILES string of the molecule is CC[C@@]1(C)OC(C)(CO)[C@@](C)(COC)[C@@](C)(O)C1(C)O. The molecule has 0 bridgehead atoms. The highest BCUT2D eigenvalue weighted by atomic mass is 16.6. The van der Waals surface area contributed by atoms with Gasteiger partial charge in [-0.15, -0.1) is 0 Å². The minimum Gasteiger partial charge on any atom is -0.393 e. The van der Waals surface area contributed by atoms with Gasteiger partial charge < -0.3 is 24.8 Å². The molecule has 5 nitrogen and oxygen atoms in total. The predicted octanol–water partition coefficient (Wildman–Crippen LogP) is 1.09. The average molecular weight is 290 g/mol. The van der Waals surface area contributed by atoms with Crippen molar-refractivity contribution in [2.75, 3.05) is 20.3 Å². The number of rotatable bonds is 4. The summed E-state index contributed by atoms with van der Waals surface area (Å²) in [5.74, 6) is 0. The van der Waals surface area contributed by atoms with Crippen molar-refractivity contribution >= 4 is 0 Å². The molecule has 1 saturated heterocycles.